The minimum atomic E-state index is -0.356. The minimum Gasteiger partial charge on any atom is -0.496 e. The Morgan fingerprint density at radius 2 is 1.66 bits per heavy atom. The largest absolute Gasteiger partial charge is 0.496 e. The number of hydrogen-bond acceptors (Lipinski definition) is 6. The van der Waals surface area contributed by atoms with E-state index in [0.29, 0.717) is 28.6 Å². The number of ether oxygens (including phenoxy) is 4. The smallest absolute Gasteiger partial charge is 0.277 e. The van der Waals surface area contributed by atoms with Gasteiger partial charge in [-0.25, -0.2) is 5.43 Å². The Balaban J connectivity index is 1.59. The first-order valence-electron chi connectivity index (χ1n) is 9.51. The Labute approximate surface area is 170 Å². The van der Waals surface area contributed by atoms with Crippen LogP contribution in [0.25, 0.3) is 0 Å². The number of carbonyl (C=O) groups excluding carboxylic acids is 1. The average molecular weight is 398 g/mol. The molecular formula is C22H26N2O5. The fraction of sp³-hybridized carbons (Fsp3) is 0.364. The van der Waals surface area contributed by atoms with Crippen LogP contribution in [0.2, 0.25) is 0 Å². The van der Waals surface area contributed by atoms with Crippen LogP contribution in [-0.4, -0.2) is 40.1 Å². The Kier molecular flexibility index (Phi) is 6.94. The van der Waals surface area contributed by atoms with Gasteiger partial charge >= 0.3 is 0 Å². The van der Waals surface area contributed by atoms with Crippen molar-refractivity contribution in [1.29, 1.82) is 0 Å². The molecule has 7 nitrogen and oxygen atoms in total. The Morgan fingerprint density at radius 3 is 2.31 bits per heavy atom. The van der Waals surface area contributed by atoms with Gasteiger partial charge in [-0.3, -0.25) is 4.79 Å². The number of aryl methyl sites for hydroxylation is 2. The van der Waals surface area contributed by atoms with E-state index >= 15 is 0 Å². The highest BCUT2D eigenvalue weighted by Gasteiger charge is 2.12. The van der Waals surface area contributed by atoms with Crippen molar-refractivity contribution in [3.63, 3.8) is 0 Å². The van der Waals surface area contributed by atoms with E-state index in [1.54, 1.807) is 19.2 Å². The lowest BCUT2D eigenvalue weighted by atomic mass is 9.92. The number of benzene rings is 2. The maximum Gasteiger partial charge on any atom is 0.277 e. The van der Waals surface area contributed by atoms with E-state index in [1.165, 1.54) is 44.4 Å². The fourth-order valence-corrected chi connectivity index (χ4v) is 3.31. The molecule has 0 atom stereocenters. The molecule has 2 aromatic rings. The SMILES string of the molecule is COc1cc(OC)c(/C=N/NC(=O)COc2ccc3c(c2)CCCC3)c(OC)c1. The lowest BCUT2D eigenvalue weighted by molar-refractivity contribution is -0.123. The summed E-state index contributed by atoms with van der Waals surface area (Å²) in [5.74, 6) is 1.97. The number of fused-ring (bicyclic) bond motifs is 1. The zero-order chi connectivity index (χ0) is 20.6. The zero-order valence-corrected chi connectivity index (χ0v) is 17.0. The van der Waals surface area contributed by atoms with Crippen LogP contribution in [0, 0.1) is 0 Å². The quantitative estimate of drug-likeness (QED) is 0.546. The molecule has 7 heteroatoms. The molecule has 0 unspecified atom stereocenters. The molecule has 1 N–H and O–H groups in total. The summed E-state index contributed by atoms with van der Waals surface area (Å²) in [5, 5.41) is 3.99. The van der Waals surface area contributed by atoms with Crippen molar-refractivity contribution in [2.24, 2.45) is 5.10 Å². The van der Waals surface area contributed by atoms with Crippen LogP contribution in [0.5, 0.6) is 23.0 Å². The van der Waals surface area contributed by atoms with Gasteiger partial charge in [-0.1, -0.05) is 6.07 Å². The lowest BCUT2D eigenvalue weighted by Gasteiger charge is -2.16. The van der Waals surface area contributed by atoms with Gasteiger partial charge in [0, 0.05) is 12.1 Å². The van der Waals surface area contributed by atoms with E-state index in [9.17, 15) is 4.79 Å². The van der Waals surface area contributed by atoms with Crippen LogP contribution in [0.1, 0.15) is 29.5 Å². The predicted octanol–water partition coefficient (Wildman–Crippen LogP) is 3.12. The number of hydrogen-bond donors (Lipinski definition) is 1. The zero-order valence-electron chi connectivity index (χ0n) is 17.0. The van der Waals surface area contributed by atoms with Gasteiger partial charge in [0.05, 0.1) is 33.1 Å². The van der Waals surface area contributed by atoms with Crippen molar-refractivity contribution in [1.82, 2.24) is 5.43 Å². The molecule has 1 amide bonds. The summed E-state index contributed by atoms with van der Waals surface area (Å²) in [6.07, 6.45) is 6.08. The summed E-state index contributed by atoms with van der Waals surface area (Å²) >= 11 is 0. The molecule has 1 aliphatic rings. The second-order valence-corrected chi connectivity index (χ2v) is 6.67. The maximum absolute atomic E-state index is 12.1. The summed E-state index contributed by atoms with van der Waals surface area (Å²) in [5.41, 5.74) is 5.73. The first-order chi connectivity index (χ1) is 14.1. The van der Waals surface area contributed by atoms with Crippen LogP contribution in [0.3, 0.4) is 0 Å². The van der Waals surface area contributed by atoms with Crippen LogP contribution >= 0.6 is 0 Å². The number of amides is 1. The molecule has 0 fully saturated rings. The predicted molar refractivity (Wildman–Crippen MR) is 110 cm³/mol. The number of hydrazone groups is 1. The number of rotatable bonds is 8. The monoisotopic (exact) mass is 398 g/mol. The molecule has 0 radical (unpaired) electrons. The number of nitrogens with zero attached hydrogens (tertiary/aromatic N) is 1. The Bertz CT molecular complexity index is 870. The average Bonchev–Trinajstić information content (AvgIpc) is 2.77. The van der Waals surface area contributed by atoms with Crippen LogP contribution in [0.15, 0.2) is 35.4 Å². The highest BCUT2D eigenvalue weighted by atomic mass is 16.5. The lowest BCUT2D eigenvalue weighted by Crippen LogP contribution is -2.24. The van der Waals surface area contributed by atoms with Gasteiger partial charge in [0.2, 0.25) is 0 Å². The third-order valence-electron chi connectivity index (χ3n) is 4.83. The highest BCUT2D eigenvalue weighted by Crippen LogP contribution is 2.32. The third-order valence-corrected chi connectivity index (χ3v) is 4.83. The Hall–Kier alpha value is -3.22. The standard InChI is InChI=1S/C22H26N2O5/c1-26-18-11-20(27-2)19(21(12-18)28-3)13-23-24-22(25)14-29-17-9-8-15-6-4-5-7-16(15)10-17/h8-13H,4-7,14H2,1-3H3,(H,24,25)/b23-13+. The van der Waals surface area contributed by atoms with E-state index in [-0.39, 0.29) is 12.5 Å². The van der Waals surface area contributed by atoms with Crippen LogP contribution < -0.4 is 24.4 Å². The molecule has 3 rings (SSSR count). The molecule has 0 aliphatic heterocycles. The number of carbonyl (C=O) groups is 1. The van der Waals surface area contributed by atoms with E-state index < -0.39 is 0 Å². The molecule has 0 aromatic heterocycles. The van der Waals surface area contributed by atoms with Gasteiger partial charge in [-0.2, -0.15) is 5.10 Å². The van der Waals surface area contributed by atoms with Crippen molar-refractivity contribution in [2.45, 2.75) is 25.7 Å². The van der Waals surface area contributed by atoms with Gasteiger partial charge in [-0.05, 0) is 48.9 Å². The van der Waals surface area contributed by atoms with E-state index in [1.807, 2.05) is 12.1 Å². The van der Waals surface area contributed by atoms with Gasteiger partial charge in [0.25, 0.3) is 5.91 Å². The van der Waals surface area contributed by atoms with Crippen molar-refractivity contribution >= 4 is 12.1 Å². The van der Waals surface area contributed by atoms with Crippen molar-refractivity contribution in [2.75, 3.05) is 27.9 Å². The molecule has 0 saturated heterocycles. The molecule has 1 aliphatic carbocycles. The summed E-state index contributed by atoms with van der Waals surface area (Å²) in [7, 11) is 4.64. The van der Waals surface area contributed by atoms with Crippen LogP contribution in [0.4, 0.5) is 0 Å². The normalized spacial score (nSPS) is 12.9. The minimum absolute atomic E-state index is 0.118. The van der Waals surface area contributed by atoms with Crippen LogP contribution in [-0.2, 0) is 17.6 Å². The second kappa shape index (κ2) is 9.82. The second-order valence-electron chi connectivity index (χ2n) is 6.67. The van der Waals surface area contributed by atoms with Crippen molar-refractivity contribution in [3.8, 4) is 23.0 Å². The van der Waals surface area contributed by atoms with Gasteiger partial charge in [-0.15, -0.1) is 0 Å². The van der Waals surface area contributed by atoms with E-state index in [4.69, 9.17) is 18.9 Å². The first-order valence-corrected chi connectivity index (χ1v) is 9.51. The summed E-state index contributed by atoms with van der Waals surface area (Å²) in [4.78, 5) is 12.1. The van der Waals surface area contributed by atoms with E-state index in [2.05, 4.69) is 16.6 Å². The first kappa shape index (κ1) is 20.5. The fourth-order valence-electron chi connectivity index (χ4n) is 3.31. The summed E-state index contributed by atoms with van der Waals surface area (Å²) in [6, 6.07) is 9.45. The molecule has 29 heavy (non-hydrogen) atoms. The van der Waals surface area contributed by atoms with Crippen molar-refractivity contribution in [3.05, 3.63) is 47.0 Å². The molecule has 2 aromatic carbocycles. The number of methoxy groups -OCH3 is 3. The van der Waals surface area contributed by atoms with Gasteiger partial charge < -0.3 is 18.9 Å². The highest BCUT2D eigenvalue weighted by molar-refractivity contribution is 5.89. The van der Waals surface area contributed by atoms with Crippen molar-refractivity contribution < 1.29 is 23.7 Å². The summed E-state index contributed by atoms with van der Waals surface area (Å²) in [6.45, 7) is -0.118. The van der Waals surface area contributed by atoms with Gasteiger partial charge in [0.1, 0.15) is 23.0 Å². The molecule has 154 valence electrons. The molecule has 0 bridgehead atoms. The molecule has 0 saturated carbocycles. The van der Waals surface area contributed by atoms with Gasteiger partial charge in [0.15, 0.2) is 6.61 Å². The topological polar surface area (TPSA) is 78.4 Å². The number of nitrogens with one attached hydrogen (secondary N) is 1. The van der Waals surface area contributed by atoms with E-state index in [0.717, 1.165) is 12.8 Å². The molecular weight excluding hydrogens is 372 g/mol. The maximum atomic E-state index is 12.1. The molecule has 0 spiro atoms. The summed E-state index contributed by atoms with van der Waals surface area (Å²) < 4.78 is 21.5. The Morgan fingerprint density at radius 1 is 0.966 bits per heavy atom. The molecule has 0 heterocycles. The third kappa shape index (κ3) is 5.19.